The van der Waals surface area contributed by atoms with E-state index in [0.29, 0.717) is 36.8 Å². The third-order valence-corrected chi connectivity index (χ3v) is 6.99. The highest BCUT2D eigenvalue weighted by molar-refractivity contribution is 7.90. The fraction of sp³-hybridized carbons (Fsp3) is 0.389. The minimum Gasteiger partial charge on any atom is -0.345 e. The number of thiazole rings is 1. The third kappa shape index (κ3) is 3.61. The predicted molar refractivity (Wildman–Crippen MR) is 109 cm³/mol. The largest absolute Gasteiger partial charge is 0.345 e. The molecule has 1 aliphatic heterocycles. The number of hydrogen-bond acceptors (Lipinski definition) is 7. The minimum atomic E-state index is -3.24. The van der Waals surface area contributed by atoms with Crippen LogP contribution in [0.25, 0.3) is 10.2 Å². The zero-order valence-corrected chi connectivity index (χ0v) is 17.3. The van der Waals surface area contributed by atoms with E-state index in [-0.39, 0.29) is 5.91 Å². The fourth-order valence-corrected chi connectivity index (χ4v) is 4.95. The molecule has 0 radical (unpaired) electrons. The van der Waals surface area contributed by atoms with Crippen LogP contribution in [0.1, 0.15) is 17.4 Å². The summed E-state index contributed by atoms with van der Waals surface area (Å²) in [5.41, 5.74) is 1.26. The standard InChI is InChI=1S/C18H21N5O3S2/c1-3-23-7-6-15(20-23)17(24)21-8-10-22(11-9-21)18-19-14-5-4-13(28(2,25)26)12-16(14)27-18/h4-7,12H,3,8-11H2,1-2H3. The number of hydrogen-bond donors (Lipinski definition) is 0. The number of rotatable bonds is 4. The summed E-state index contributed by atoms with van der Waals surface area (Å²) < 4.78 is 26.1. The molecular formula is C18H21N5O3S2. The van der Waals surface area contributed by atoms with Crippen LogP contribution in [0, 0.1) is 0 Å². The molecule has 0 saturated carbocycles. The monoisotopic (exact) mass is 419 g/mol. The molecule has 0 bridgehead atoms. The number of amides is 1. The van der Waals surface area contributed by atoms with Crippen LogP contribution in [-0.4, -0.2) is 66.4 Å². The molecule has 0 N–H and O–H groups in total. The van der Waals surface area contributed by atoms with E-state index in [1.165, 1.54) is 17.6 Å². The predicted octanol–water partition coefficient (Wildman–Crippen LogP) is 1.88. The van der Waals surface area contributed by atoms with Crippen molar-refractivity contribution in [3.05, 3.63) is 36.2 Å². The molecule has 8 nitrogen and oxygen atoms in total. The van der Waals surface area contributed by atoms with Gasteiger partial charge in [-0.25, -0.2) is 13.4 Å². The number of aromatic nitrogens is 3. The second kappa shape index (κ2) is 7.17. The molecule has 0 unspecified atom stereocenters. The number of carbonyl (C=O) groups is 1. The van der Waals surface area contributed by atoms with Gasteiger partial charge in [0.1, 0.15) is 5.69 Å². The summed E-state index contributed by atoms with van der Waals surface area (Å²) in [5.74, 6) is -0.0473. The Morgan fingerprint density at radius 2 is 1.93 bits per heavy atom. The van der Waals surface area contributed by atoms with Crippen LogP contribution in [0.2, 0.25) is 0 Å². The van der Waals surface area contributed by atoms with Crippen LogP contribution < -0.4 is 4.90 Å². The number of aryl methyl sites for hydroxylation is 1. The van der Waals surface area contributed by atoms with E-state index in [0.717, 1.165) is 21.9 Å². The minimum absolute atomic E-state index is 0.0473. The molecule has 1 amide bonds. The summed E-state index contributed by atoms with van der Waals surface area (Å²) in [6.07, 6.45) is 3.02. The van der Waals surface area contributed by atoms with Gasteiger partial charge >= 0.3 is 0 Å². The maximum absolute atomic E-state index is 12.6. The lowest BCUT2D eigenvalue weighted by molar-refractivity contribution is 0.0740. The second-order valence-corrected chi connectivity index (χ2v) is 9.76. The maximum Gasteiger partial charge on any atom is 0.274 e. The van der Waals surface area contributed by atoms with Crippen molar-refractivity contribution in [1.82, 2.24) is 19.7 Å². The van der Waals surface area contributed by atoms with E-state index in [4.69, 9.17) is 0 Å². The lowest BCUT2D eigenvalue weighted by atomic mass is 10.3. The van der Waals surface area contributed by atoms with Gasteiger partial charge in [0.2, 0.25) is 0 Å². The van der Waals surface area contributed by atoms with E-state index in [1.54, 1.807) is 28.9 Å². The highest BCUT2D eigenvalue weighted by atomic mass is 32.2. The van der Waals surface area contributed by atoms with Gasteiger partial charge in [-0.05, 0) is 31.2 Å². The molecule has 1 aliphatic rings. The van der Waals surface area contributed by atoms with Gasteiger partial charge in [-0.15, -0.1) is 0 Å². The molecule has 0 spiro atoms. The number of sulfone groups is 1. The van der Waals surface area contributed by atoms with Crippen molar-refractivity contribution in [2.75, 3.05) is 37.3 Å². The molecule has 3 heterocycles. The Morgan fingerprint density at radius 1 is 1.18 bits per heavy atom. The van der Waals surface area contributed by atoms with E-state index >= 15 is 0 Å². The Kier molecular flexibility index (Phi) is 4.84. The summed E-state index contributed by atoms with van der Waals surface area (Å²) in [5, 5.41) is 5.14. The average molecular weight is 420 g/mol. The second-order valence-electron chi connectivity index (χ2n) is 6.73. The number of fused-ring (bicyclic) bond motifs is 1. The molecule has 3 aromatic rings. The number of benzene rings is 1. The summed E-state index contributed by atoms with van der Waals surface area (Å²) >= 11 is 1.48. The van der Waals surface area contributed by atoms with Crippen LogP contribution in [0.4, 0.5) is 5.13 Å². The number of carbonyl (C=O) groups excluding carboxylic acids is 1. The van der Waals surface area contributed by atoms with E-state index < -0.39 is 9.84 Å². The van der Waals surface area contributed by atoms with E-state index in [2.05, 4.69) is 15.0 Å². The van der Waals surface area contributed by atoms with Crippen LogP contribution in [-0.2, 0) is 16.4 Å². The van der Waals surface area contributed by atoms with Gasteiger partial charge in [-0.3, -0.25) is 9.48 Å². The zero-order chi connectivity index (χ0) is 19.9. The maximum atomic E-state index is 12.6. The highest BCUT2D eigenvalue weighted by Gasteiger charge is 2.25. The van der Waals surface area contributed by atoms with Gasteiger partial charge < -0.3 is 9.80 Å². The molecule has 1 fully saturated rings. The van der Waals surface area contributed by atoms with Crippen LogP contribution >= 0.6 is 11.3 Å². The van der Waals surface area contributed by atoms with Gasteiger partial charge in [-0.2, -0.15) is 5.10 Å². The summed E-state index contributed by atoms with van der Waals surface area (Å²) in [7, 11) is -3.24. The molecule has 2 aromatic heterocycles. The molecule has 0 aliphatic carbocycles. The van der Waals surface area contributed by atoms with Crippen molar-refractivity contribution in [2.45, 2.75) is 18.4 Å². The average Bonchev–Trinajstić information content (AvgIpc) is 3.33. The first-order valence-electron chi connectivity index (χ1n) is 9.03. The lowest BCUT2D eigenvalue weighted by Gasteiger charge is -2.34. The molecule has 1 saturated heterocycles. The number of piperazine rings is 1. The molecular weight excluding hydrogens is 398 g/mol. The number of nitrogens with zero attached hydrogens (tertiary/aromatic N) is 5. The molecule has 4 rings (SSSR count). The quantitative estimate of drug-likeness (QED) is 0.642. The van der Waals surface area contributed by atoms with Crippen molar-refractivity contribution < 1.29 is 13.2 Å². The molecule has 1 aromatic carbocycles. The summed E-state index contributed by atoms with van der Waals surface area (Å²) in [4.78, 5) is 21.5. The first-order valence-corrected chi connectivity index (χ1v) is 11.7. The Hall–Kier alpha value is -2.46. The van der Waals surface area contributed by atoms with Gasteiger partial charge in [0.15, 0.2) is 15.0 Å². The van der Waals surface area contributed by atoms with Crippen LogP contribution in [0.5, 0.6) is 0 Å². The fourth-order valence-electron chi connectivity index (χ4n) is 3.17. The topological polar surface area (TPSA) is 88.4 Å². The Morgan fingerprint density at radius 3 is 2.57 bits per heavy atom. The van der Waals surface area contributed by atoms with E-state index in [9.17, 15) is 13.2 Å². The van der Waals surface area contributed by atoms with Gasteiger partial charge in [0.25, 0.3) is 5.91 Å². The van der Waals surface area contributed by atoms with E-state index in [1.807, 2.05) is 18.0 Å². The Labute approximate surface area is 167 Å². The normalized spacial score (nSPS) is 15.4. The highest BCUT2D eigenvalue weighted by Crippen LogP contribution is 2.31. The molecule has 10 heteroatoms. The van der Waals surface area contributed by atoms with Crippen molar-refractivity contribution >= 4 is 42.4 Å². The SMILES string of the molecule is CCn1ccc(C(=O)N2CCN(c3nc4ccc(S(C)(=O)=O)cc4s3)CC2)n1. The van der Waals surface area contributed by atoms with Crippen molar-refractivity contribution in [2.24, 2.45) is 0 Å². The smallest absolute Gasteiger partial charge is 0.274 e. The summed E-state index contributed by atoms with van der Waals surface area (Å²) in [6, 6.07) is 6.77. The van der Waals surface area contributed by atoms with Gasteiger partial charge in [-0.1, -0.05) is 11.3 Å². The first kappa shape index (κ1) is 18.9. The Bertz CT molecular complexity index is 1130. The van der Waals surface area contributed by atoms with Crippen LogP contribution in [0.15, 0.2) is 35.4 Å². The molecule has 28 heavy (non-hydrogen) atoms. The van der Waals surface area contributed by atoms with Gasteiger partial charge in [0.05, 0.1) is 15.1 Å². The molecule has 0 atom stereocenters. The summed E-state index contributed by atoms with van der Waals surface area (Å²) in [6.45, 7) is 5.28. The Balaban J connectivity index is 1.46. The van der Waals surface area contributed by atoms with Crippen LogP contribution in [0.3, 0.4) is 0 Å². The number of anilines is 1. The van der Waals surface area contributed by atoms with Crippen molar-refractivity contribution in [1.29, 1.82) is 0 Å². The third-order valence-electron chi connectivity index (χ3n) is 4.80. The first-order chi connectivity index (χ1) is 13.3. The zero-order valence-electron chi connectivity index (χ0n) is 15.7. The molecule has 148 valence electrons. The van der Waals surface area contributed by atoms with Crippen molar-refractivity contribution in [3.8, 4) is 0 Å². The van der Waals surface area contributed by atoms with Crippen molar-refractivity contribution in [3.63, 3.8) is 0 Å². The van der Waals surface area contributed by atoms with Gasteiger partial charge in [0, 0.05) is 45.2 Å². The lowest BCUT2D eigenvalue weighted by Crippen LogP contribution is -2.48.